The zero-order chi connectivity index (χ0) is 19.2. The summed E-state index contributed by atoms with van der Waals surface area (Å²) in [6, 6.07) is 0. The molecule has 0 aromatic rings. The molecule has 3 fully saturated rings. The highest BCUT2D eigenvalue weighted by molar-refractivity contribution is 5.68. The van der Waals surface area contributed by atoms with Gasteiger partial charge in [-0.1, -0.05) is 25.0 Å². The van der Waals surface area contributed by atoms with Crippen LogP contribution in [-0.4, -0.2) is 12.9 Å². The number of fused-ring (bicyclic) bond motifs is 5. The molecule has 2 nitrogen and oxygen atoms in total. The van der Waals surface area contributed by atoms with Crippen molar-refractivity contribution in [2.75, 3.05) is 6.61 Å². The molecule has 6 atom stereocenters. The van der Waals surface area contributed by atoms with Gasteiger partial charge in [-0.2, -0.15) is 0 Å². The molecule has 2 heteroatoms. The molecule has 0 spiro atoms. The molecule has 0 amide bonds. The summed E-state index contributed by atoms with van der Waals surface area (Å²) in [5.74, 6) is 3.76. The molecular weight excluding hydrogens is 344 g/mol. The Hall–Kier alpha value is -1.05. The Balaban J connectivity index is 1.43. The van der Waals surface area contributed by atoms with Gasteiger partial charge in [-0.25, -0.2) is 0 Å². The van der Waals surface area contributed by atoms with E-state index in [9.17, 15) is 4.79 Å². The van der Waals surface area contributed by atoms with Crippen molar-refractivity contribution in [1.29, 1.82) is 0 Å². The number of hydrogen-bond acceptors (Lipinski definition) is 2. The molecule has 0 aromatic carbocycles. The quantitative estimate of drug-likeness (QED) is 0.404. The van der Waals surface area contributed by atoms with Gasteiger partial charge in [0.25, 0.3) is 0 Å². The van der Waals surface area contributed by atoms with Gasteiger partial charge in [0.05, 0.1) is 17.8 Å². The van der Waals surface area contributed by atoms with Crippen LogP contribution in [0.25, 0.3) is 0 Å². The van der Waals surface area contributed by atoms with E-state index in [2.05, 4.69) is 19.1 Å². The Bertz CT molecular complexity index is 676. The summed E-state index contributed by atoms with van der Waals surface area (Å²) in [6.45, 7) is 3.31. The van der Waals surface area contributed by atoms with Crippen molar-refractivity contribution in [3.63, 3.8) is 0 Å². The average Bonchev–Trinajstić information content (AvgIpc) is 3.14. The Morgan fingerprint density at radius 2 is 1.93 bits per heavy atom. The summed E-state index contributed by atoms with van der Waals surface area (Å²) < 4.78 is 6.36. The smallest absolute Gasteiger partial charge is 0.130 e. The van der Waals surface area contributed by atoms with Crippen molar-refractivity contribution in [1.82, 2.24) is 0 Å². The topological polar surface area (TPSA) is 26.3 Å². The van der Waals surface area contributed by atoms with Crippen LogP contribution < -0.4 is 0 Å². The van der Waals surface area contributed by atoms with Crippen molar-refractivity contribution in [3.8, 4) is 0 Å². The molecule has 0 aliphatic heterocycles. The molecule has 5 aliphatic carbocycles. The van der Waals surface area contributed by atoms with Crippen LogP contribution in [0, 0.1) is 34.5 Å². The largest absolute Gasteiger partial charge is 0.498 e. The zero-order valence-corrected chi connectivity index (χ0v) is 17.8. The molecular formula is C26H38O2. The third-order valence-electron chi connectivity index (χ3n) is 9.63. The number of ether oxygens (including phenoxy) is 1. The van der Waals surface area contributed by atoms with Crippen molar-refractivity contribution in [2.24, 2.45) is 34.5 Å². The monoisotopic (exact) mass is 382 g/mol. The molecule has 0 heterocycles. The highest BCUT2D eigenvalue weighted by Gasteiger charge is 2.60. The molecule has 0 saturated heterocycles. The first-order valence-corrected chi connectivity index (χ1v) is 12.1. The van der Waals surface area contributed by atoms with Gasteiger partial charge in [0.15, 0.2) is 0 Å². The highest BCUT2D eigenvalue weighted by atomic mass is 16.5. The van der Waals surface area contributed by atoms with E-state index in [4.69, 9.17) is 4.74 Å². The Morgan fingerprint density at radius 1 is 1.00 bits per heavy atom. The van der Waals surface area contributed by atoms with Gasteiger partial charge < -0.3 is 9.53 Å². The first-order valence-electron chi connectivity index (χ1n) is 12.1. The van der Waals surface area contributed by atoms with Gasteiger partial charge >= 0.3 is 0 Å². The van der Waals surface area contributed by atoms with Gasteiger partial charge in [0, 0.05) is 12.3 Å². The fourth-order valence-electron chi connectivity index (χ4n) is 8.22. The minimum Gasteiger partial charge on any atom is -0.498 e. The number of allylic oxidation sites excluding steroid dienone is 4. The van der Waals surface area contributed by atoms with E-state index in [1.165, 1.54) is 69.0 Å². The van der Waals surface area contributed by atoms with E-state index in [0.29, 0.717) is 17.3 Å². The first kappa shape index (κ1) is 18.9. The van der Waals surface area contributed by atoms with Crippen molar-refractivity contribution in [2.45, 2.75) is 90.4 Å². The van der Waals surface area contributed by atoms with Crippen LogP contribution in [0.3, 0.4) is 0 Å². The molecule has 0 unspecified atom stereocenters. The summed E-state index contributed by atoms with van der Waals surface area (Å²) in [4.78, 5) is 12.9. The molecule has 0 radical (unpaired) electrons. The normalized spacial score (nSPS) is 45.2. The molecule has 3 saturated carbocycles. The number of carbonyl (C=O) groups is 1. The van der Waals surface area contributed by atoms with E-state index in [1.54, 1.807) is 0 Å². The number of carbonyl (C=O) groups excluding carboxylic acids is 1. The maximum absolute atomic E-state index is 12.9. The molecule has 0 bridgehead atoms. The number of aldehydes is 1. The lowest BCUT2D eigenvalue weighted by Crippen LogP contribution is -2.54. The lowest BCUT2D eigenvalue weighted by molar-refractivity contribution is -0.133. The lowest BCUT2D eigenvalue weighted by Gasteiger charge is -2.58. The van der Waals surface area contributed by atoms with Crippen LogP contribution in [0.15, 0.2) is 23.5 Å². The van der Waals surface area contributed by atoms with Crippen LogP contribution >= 0.6 is 0 Å². The van der Waals surface area contributed by atoms with E-state index < -0.39 is 0 Å². The van der Waals surface area contributed by atoms with Crippen LogP contribution in [-0.2, 0) is 9.53 Å². The van der Waals surface area contributed by atoms with E-state index in [0.717, 1.165) is 50.5 Å². The molecule has 154 valence electrons. The lowest BCUT2D eigenvalue weighted by atomic mass is 9.45. The fourth-order valence-corrected chi connectivity index (χ4v) is 8.22. The summed E-state index contributed by atoms with van der Waals surface area (Å²) in [5, 5.41) is 0. The van der Waals surface area contributed by atoms with Gasteiger partial charge in [0.2, 0.25) is 0 Å². The van der Waals surface area contributed by atoms with Crippen molar-refractivity contribution >= 4 is 6.29 Å². The van der Waals surface area contributed by atoms with Crippen LogP contribution in [0.1, 0.15) is 90.4 Å². The van der Waals surface area contributed by atoms with Crippen LogP contribution in [0.4, 0.5) is 0 Å². The van der Waals surface area contributed by atoms with Crippen LogP contribution in [0.2, 0.25) is 0 Å². The number of rotatable bonds is 4. The van der Waals surface area contributed by atoms with Crippen LogP contribution in [0.5, 0.6) is 0 Å². The third kappa shape index (κ3) is 2.84. The fraction of sp³-hybridized carbons (Fsp3) is 0.808. The average molecular weight is 383 g/mol. The molecule has 0 aromatic heterocycles. The molecule has 5 aliphatic rings. The maximum Gasteiger partial charge on any atom is 0.130 e. The second-order valence-corrected chi connectivity index (χ2v) is 10.8. The van der Waals surface area contributed by atoms with E-state index >= 15 is 0 Å². The third-order valence-corrected chi connectivity index (χ3v) is 9.63. The zero-order valence-electron chi connectivity index (χ0n) is 17.8. The van der Waals surface area contributed by atoms with Crippen molar-refractivity contribution in [3.05, 3.63) is 23.5 Å². The summed E-state index contributed by atoms with van der Waals surface area (Å²) in [5.41, 5.74) is 1.82. The number of hydrogen-bond donors (Lipinski definition) is 0. The van der Waals surface area contributed by atoms with Gasteiger partial charge in [-0.3, -0.25) is 0 Å². The van der Waals surface area contributed by atoms with Gasteiger partial charge in [0.1, 0.15) is 6.29 Å². The second kappa shape index (κ2) is 7.33. The minimum atomic E-state index is -0.222. The van der Waals surface area contributed by atoms with E-state index in [1.807, 2.05) is 0 Å². The predicted octanol–water partition coefficient (Wildman–Crippen LogP) is 6.61. The molecule has 0 N–H and O–H groups in total. The summed E-state index contributed by atoms with van der Waals surface area (Å²) >= 11 is 0. The first-order chi connectivity index (χ1) is 13.7. The Kier molecular flexibility index (Phi) is 4.96. The highest BCUT2D eigenvalue weighted by Crippen LogP contribution is 2.66. The SMILES string of the molecule is C[C@@]12CCC[C@H]1[C@@H]1CCC3=CCC[C@H](COC4=CCCCC4)[C@]3(C=O)[C@H]1CC2. The van der Waals surface area contributed by atoms with Gasteiger partial charge in [-0.05, 0) is 99.9 Å². The second-order valence-electron chi connectivity index (χ2n) is 10.8. The standard InChI is InChI=1S/C26H38O2/c1-25-15-6-11-23(25)22-13-12-19-7-5-8-20(17-28-21-9-3-2-4-10-21)26(19,18-27)24(22)14-16-25/h7,9,18,20,22-24H,2-6,8,10-17H2,1H3/t20-,22+,23+,24+,25+,26-/m1/s1. The Labute approximate surface area is 171 Å². The Morgan fingerprint density at radius 3 is 2.75 bits per heavy atom. The molecule has 28 heavy (non-hydrogen) atoms. The minimum absolute atomic E-state index is 0.222. The van der Waals surface area contributed by atoms with Crippen molar-refractivity contribution < 1.29 is 9.53 Å². The maximum atomic E-state index is 12.9. The summed E-state index contributed by atoms with van der Waals surface area (Å²) in [6.07, 6.45) is 22.5. The summed E-state index contributed by atoms with van der Waals surface area (Å²) in [7, 11) is 0. The predicted molar refractivity (Wildman–Crippen MR) is 113 cm³/mol. The van der Waals surface area contributed by atoms with Gasteiger partial charge in [-0.15, -0.1) is 0 Å². The van der Waals surface area contributed by atoms with E-state index in [-0.39, 0.29) is 5.41 Å². The molecule has 5 rings (SSSR count).